The summed E-state index contributed by atoms with van der Waals surface area (Å²) in [5.41, 5.74) is 0.0451. The number of thioether (sulfide) groups is 2. The van der Waals surface area contributed by atoms with Crippen molar-refractivity contribution in [3.8, 4) is 0 Å². The number of aliphatic hydroxyl groups is 1. The zero-order valence-electron chi connectivity index (χ0n) is 11.5. The van der Waals surface area contributed by atoms with Gasteiger partial charge in [-0.3, -0.25) is 14.9 Å². The molecule has 0 saturated heterocycles. The van der Waals surface area contributed by atoms with E-state index in [0.717, 1.165) is 22.8 Å². The van der Waals surface area contributed by atoms with Crippen LogP contribution < -0.4 is 5.32 Å². The van der Waals surface area contributed by atoms with Crippen LogP contribution in [0.4, 0.5) is 5.69 Å². The van der Waals surface area contributed by atoms with Crippen molar-refractivity contribution >= 4 is 35.1 Å². The number of amides is 1. The molecule has 0 unspecified atom stereocenters. The first-order valence-electron chi connectivity index (χ1n) is 6.46. The third kappa shape index (κ3) is 7.93. The molecule has 21 heavy (non-hydrogen) atoms. The fourth-order valence-corrected chi connectivity index (χ4v) is 2.91. The number of aliphatic hydroxyl groups excluding tert-OH is 1. The largest absolute Gasteiger partial charge is 0.396 e. The number of nitrogens with zero attached hydrogens (tertiary/aromatic N) is 1. The van der Waals surface area contributed by atoms with Gasteiger partial charge in [0.1, 0.15) is 0 Å². The average Bonchev–Trinajstić information content (AvgIpc) is 2.49. The minimum Gasteiger partial charge on any atom is -0.396 e. The second kappa shape index (κ2) is 10.5. The maximum Gasteiger partial charge on any atom is 0.269 e. The summed E-state index contributed by atoms with van der Waals surface area (Å²) in [5, 5.41) is 21.9. The summed E-state index contributed by atoms with van der Waals surface area (Å²) >= 11 is 3.04. The SMILES string of the molecule is O=C(CSc1ccc([N+](=O)[O-])cc1)NCCSCCCO. The van der Waals surface area contributed by atoms with E-state index in [4.69, 9.17) is 5.11 Å². The molecule has 116 valence electrons. The second-order valence-electron chi connectivity index (χ2n) is 4.08. The molecular weight excluding hydrogens is 312 g/mol. The van der Waals surface area contributed by atoms with Crippen LogP contribution in [-0.2, 0) is 4.79 Å². The fourth-order valence-electron chi connectivity index (χ4n) is 1.40. The highest BCUT2D eigenvalue weighted by Crippen LogP contribution is 2.20. The molecule has 0 bridgehead atoms. The molecule has 0 atom stereocenters. The number of nitro groups is 1. The summed E-state index contributed by atoms with van der Waals surface area (Å²) in [7, 11) is 0. The Hall–Kier alpha value is -1.25. The Bertz CT molecular complexity index is 454. The van der Waals surface area contributed by atoms with Crippen molar-refractivity contribution in [2.24, 2.45) is 0 Å². The van der Waals surface area contributed by atoms with Crippen molar-refractivity contribution in [3.63, 3.8) is 0 Å². The lowest BCUT2D eigenvalue weighted by Gasteiger charge is -2.05. The third-order valence-electron chi connectivity index (χ3n) is 2.43. The van der Waals surface area contributed by atoms with E-state index in [1.807, 2.05) is 0 Å². The van der Waals surface area contributed by atoms with Crippen molar-refractivity contribution in [2.45, 2.75) is 11.3 Å². The summed E-state index contributed by atoms with van der Waals surface area (Å²) in [4.78, 5) is 22.5. The van der Waals surface area contributed by atoms with Crippen LogP contribution in [-0.4, -0.2) is 46.3 Å². The van der Waals surface area contributed by atoms with Crippen LogP contribution in [0.5, 0.6) is 0 Å². The molecule has 0 aliphatic heterocycles. The van der Waals surface area contributed by atoms with Gasteiger partial charge < -0.3 is 10.4 Å². The van der Waals surface area contributed by atoms with Gasteiger partial charge in [0.05, 0.1) is 10.7 Å². The molecule has 8 heteroatoms. The van der Waals surface area contributed by atoms with Gasteiger partial charge in [0.2, 0.25) is 5.91 Å². The summed E-state index contributed by atoms with van der Waals surface area (Å²) in [6.45, 7) is 0.807. The van der Waals surface area contributed by atoms with Crippen molar-refractivity contribution in [3.05, 3.63) is 34.4 Å². The van der Waals surface area contributed by atoms with Gasteiger partial charge in [0.15, 0.2) is 0 Å². The molecule has 1 aromatic carbocycles. The average molecular weight is 330 g/mol. The van der Waals surface area contributed by atoms with Crippen LogP contribution in [0.2, 0.25) is 0 Å². The van der Waals surface area contributed by atoms with Crippen molar-refractivity contribution in [2.75, 3.05) is 30.4 Å². The lowest BCUT2D eigenvalue weighted by Crippen LogP contribution is -2.27. The Morgan fingerprint density at radius 1 is 1.29 bits per heavy atom. The van der Waals surface area contributed by atoms with Gasteiger partial charge in [-0.2, -0.15) is 11.8 Å². The Labute approximate surface area is 131 Å². The van der Waals surface area contributed by atoms with Gasteiger partial charge in [0.25, 0.3) is 5.69 Å². The molecule has 0 aliphatic carbocycles. The molecule has 0 spiro atoms. The number of rotatable bonds is 10. The molecule has 2 N–H and O–H groups in total. The van der Waals surface area contributed by atoms with Crippen LogP contribution >= 0.6 is 23.5 Å². The van der Waals surface area contributed by atoms with Crippen molar-refractivity contribution in [1.82, 2.24) is 5.32 Å². The highest BCUT2D eigenvalue weighted by molar-refractivity contribution is 8.00. The maximum absolute atomic E-state index is 11.6. The number of benzene rings is 1. The quantitative estimate of drug-likeness (QED) is 0.295. The Balaban J connectivity index is 2.16. The van der Waals surface area contributed by atoms with Crippen LogP contribution in [0.25, 0.3) is 0 Å². The Kier molecular flexibility index (Phi) is 8.88. The van der Waals surface area contributed by atoms with E-state index in [-0.39, 0.29) is 18.2 Å². The highest BCUT2D eigenvalue weighted by atomic mass is 32.2. The zero-order valence-corrected chi connectivity index (χ0v) is 13.1. The first-order valence-corrected chi connectivity index (χ1v) is 8.60. The minimum atomic E-state index is -0.449. The van der Waals surface area contributed by atoms with E-state index in [1.165, 1.54) is 23.9 Å². The molecule has 1 aromatic rings. The zero-order chi connectivity index (χ0) is 15.5. The van der Waals surface area contributed by atoms with Gasteiger partial charge >= 0.3 is 0 Å². The van der Waals surface area contributed by atoms with E-state index < -0.39 is 4.92 Å². The van der Waals surface area contributed by atoms with E-state index >= 15 is 0 Å². The molecule has 0 radical (unpaired) electrons. The lowest BCUT2D eigenvalue weighted by molar-refractivity contribution is -0.384. The first kappa shape index (κ1) is 17.8. The third-order valence-corrected chi connectivity index (χ3v) is 4.52. The summed E-state index contributed by atoms with van der Waals surface area (Å²) in [6.07, 6.45) is 0.772. The van der Waals surface area contributed by atoms with E-state index in [1.54, 1.807) is 23.9 Å². The van der Waals surface area contributed by atoms with Gasteiger partial charge in [-0.25, -0.2) is 0 Å². The molecule has 0 aromatic heterocycles. The number of nitro benzene ring substituents is 1. The monoisotopic (exact) mass is 330 g/mol. The highest BCUT2D eigenvalue weighted by Gasteiger charge is 2.06. The summed E-state index contributed by atoms with van der Waals surface area (Å²) in [6, 6.07) is 6.14. The summed E-state index contributed by atoms with van der Waals surface area (Å²) < 4.78 is 0. The normalized spacial score (nSPS) is 10.3. The maximum atomic E-state index is 11.6. The predicted octanol–water partition coefficient (Wildman–Crippen LogP) is 1.92. The van der Waals surface area contributed by atoms with E-state index in [9.17, 15) is 14.9 Å². The molecular formula is C13H18N2O4S2. The van der Waals surface area contributed by atoms with Crippen LogP contribution in [0.15, 0.2) is 29.2 Å². The van der Waals surface area contributed by atoms with Gasteiger partial charge in [0, 0.05) is 35.9 Å². The molecule has 0 heterocycles. The number of carbonyl (C=O) groups is 1. The standard InChI is InChI=1S/C13H18N2O4S2/c16-7-1-8-20-9-6-14-13(17)10-21-12-4-2-11(3-5-12)15(18)19/h2-5,16H,1,6-10H2,(H,14,17). The number of hydrogen-bond acceptors (Lipinski definition) is 6. The van der Waals surface area contributed by atoms with E-state index in [2.05, 4.69) is 5.32 Å². The van der Waals surface area contributed by atoms with Crippen molar-refractivity contribution < 1.29 is 14.8 Å². The van der Waals surface area contributed by atoms with Gasteiger partial charge in [-0.15, -0.1) is 11.8 Å². The van der Waals surface area contributed by atoms with Crippen LogP contribution in [0.1, 0.15) is 6.42 Å². The van der Waals surface area contributed by atoms with E-state index in [0.29, 0.717) is 12.3 Å². The van der Waals surface area contributed by atoms with Crippen molar-refractivity contribution in [1.29, 1.82) is 0 Å². The molecule has 1 rings (SSSR count). The minimum absolute atomic E-state index is 0.0451. The van der Waals surface area contributed by atoms with Crippen LogP contribution in [0, 0.1) is 10.1 Å². The topological polar surface area (TPSA) is 92.5 Å². The smallest absolute Gasteiger partial charge is 0.269 e. The molecule has 6 nitrogen and oxygen atoms in total. The first-order chi connectivity index (χ1) is 10.1. The van der Waals surface area contributed by atoms with Gasteiger partial charge in [-0.05, 0) is 24.3 Å². The second-order valence-corrected chi connectivity index (χ2v) is 6.35. The Morgan fingerprint density at radius 2 is 2.00 bits per heavy atom. The molecule has 1 amide bonds. The predicted molar refractivity (Wildman–Crippen MR) is 85.9 cm³/mol. The molecule has 0 saturated carbocycles. The van der Waals surface area contributed by atoms with Gasteiger partial charge in [-0.1, -0.05) is 0 Å². The lowest BCUT2D eigenvalue weighted by atomic mass is 10.3. The Morgan fingerprint density at radius 3 is 2.62 bits per heavy atom. The number of nitrogens with one attached hydrogen (secondary N) is 1. The number of hydrogen-bond donors (Lipinski definition) is 2. The summed E-state index contributed by atoms with van der Waals surface area (Å²) in [5.74, 6) is 1.96. The molecule has 0 fully saturated rings. The number of non-ortho nitro benzene ring substituents is 1. The molecule has 0 aliphatic rings. The number of carbonyl (C=O) groups excluding carboxylic acids is 1. The van der Waals surface area contributed by atoms with Crippen LogP contribution in [0.3, 0.4) is 0 Å². The fraction of sp³-hybridized carbons (Fsp3) is 0.462.